The number of nitrogens with one attached hydrogen (secondary N) is 2. The van der Waals surface area contributed by atoms with E-state index in [-0.39, 0.29) is 11.5 Å². The Balaban J connectivity index is 1.57. The quantitative estimate of drug-likeness (QED) is 0.484. The number of carbonyl (C=O) groups is 1. The summed E-state index contributed by atoms with van der Waals surface area (Å²) >= 11 is 1.54. The number of anilines is 1. The number of nitrogens with zero attached hydrogens (tertiary/aromatic N) is 3. The first-order valence-electron chi connectivity index (χ1n) is 10.3. The molecule has 2 N–H and O–H groups in total. The average Bonchev–Trinajstić information content (AvgIpc) is 3.49. The van der Waals surface area contributed by atoms with Crippen molar-refractivity contribution in [3.8, 4) is 22.3 Å². The summed E-state index contributed by atoms with van der Waals surface area (Å²) in [6.07, 6.45) is 3.48. The second kappa shape index (κ2) is 8.43. The van der Waals surface area contributed by atoms with Crippen LogP contribution < -0.4 is 15.6 Å². The van der Waals surface area contributed by atoms with Crippen molar-refractivity contribution in [3.05, 3.63) is 75.0 Å². The third-order valence-electron chi connectivity index (χ3n) is 5.44. The number of thiophene rings is 1. The van der Waals surface area contributed by atoms with Gasteiger partial charge in [-0.25, -0.2) is 4.98 Å². The molecule has 5 rings (SSSR count). The Kier molecular flexibility index (Phi) is 5.32. The van der Waals surface area contributed by atoms with Gasteiger partial charge in [0.05, 0.1) is 17.7 Å². The van der Waals surface area contributed by atoms with Crippen molar-refractivity contribution in [2.75, 3.05) is 12.4 Å². The second-order valence-electron chi connectivity index (χ2n) is 7.51. The number of hydrogen-bond donors (Lipinski definition) is 2. The summed E-state index contributed by atoms with van der Waals surface area (Å²) in [7, 11) is 1.55. The molecule has 1 aliphatic carbocycles. The van der Waals surface area contributed by atoms with Gasteiger partial charge in [0, 0.05) is 17.2 Å². The topological polar surface area (TPSA) is 102 Å². The molecule has 0 saturated heterocycles. The van der Waals surface area contributed by atoms with E-state index in [1.165, 1.54) is 4.68 Å². The molecule has 0 spiro atoms. The van der Waals surface area contributed by atoms with Gasteiger partial charge >= 0.3 is 0 Å². The molecule has 9 heteroatoms. The van der Waals surface area contributed by atoms with E-state index >= 15 is 0 Å². The number of aromatic amines is 1. The fraction of sp³-hybridized carbons (Fsp3) is 0.217. The fourth-order valence-electron chi connectivity index (χ4n) is 3.82. The number of carbonyl (C=O) groups excluding carboxylic acids is 1. The number of aryl methyl sites for hydroxylation is 1. The Morgan fingerprint density at radius 3 is 2.88 bits per heavy atom. The van der Waals surface area contributed by atoms with Gasteiger partial charge in [-0.3, -0.25) is 14.6 Å². The van der Waals surface area contributed by atoms with Crippen molar-refractivity contribution < 1.29 is 9.53 Å². The van der Waals surface area contributed by atoms with Crippen LogP contribution in [-0.2, 0) is 12.8 Å². The van der Waals surface area contributed by atoms with Gasteiger partial charge in [0.25, 0.3) is 11.5 Å². The number of methoxy groups -OCH3 is 1. The molecule has 0 atom stereocenters. The molecule has 4 aromatic rings. The molecule has 1 amide bonds. The zero-order chi connectivity index (χ0) is 22.1. The van der Waals surface area contributed by atoms with Gasteiger partial charge < -0.3 is 10.1 Å². The van der Waals surface area contributed by atoms with Crippen molar-refractivity contribution in [1.82, 2.24) is 19.7 Å². The van der Waals surface area contributed by atoms with Crippen molar-refractivity contribution in [1.29, 1.82) is 0 Å². The first-order valence-corrected chi connectivity index (χ1v) is 11.2. The number of rotatable bonds is 5. The summed E-state index contributed by atoms with van der Waals surface area (Å²) in [6.45, 7) is 0. The predicted octanol–water partition coefficient (Wildman–Crippen LogP) is 3.82. The lowest BCUT2D eigenvalue weighted by atomic mass is 9.97. The van der Waals surface area contributed by atoms with Gasteiger partial charge in [-0.05, 0) is 55.3 Å². The van der Waals surface area contributed by atoms with Crippen LogP contribution in [-0.4, -0.2) is 32.8 Å². The Hall–Kier alpha value is -3.72. The highest BCUT2D eigenvalue weighted by molar-refractivity contribution is 7.13. The standard InChI is InChI=1S/C23H21N5O3S/c1-31-15-7-4-6-14(12-15)21(29)25-20-13-18(19-10-5-11-32-19)27-28(20)23-24-17-9-3-2-8-16(17)22(30)26-23/h4-7,10-13H,2-3,8-9H2,1H3,(H,25,29)(H,24,26,30). The third kappa shape index (κ3) is 3.82. The summed E-state index contributed by atoms with van der Waals surface area (Å²) < 4.78 is 6.71. The monoisotopic (exact) mass is 447 g/mol. The van der Waals surface area contributed by atoms with Crippen LogP contribution >= 0.6 is 11.3 Å². The highest BCUT2D eigenvalue weighted by atomic mass is 32.1. The van der Waals surface area contributed by atoms with Crippen LogP contribution in [0, 0.1) is 0 Å². The molecule has 3 heterocycles. The van der Waals surface area contributed by atoms with Crippen LogP contribution in [0.1, 0.15) is 34.5 Å². The number of hydrogen-bond acceptors (Lipinski definition) is 6. The first-order chi connectivity index (χ1) is 15.6. The van der Waals surface area contributed by atoms with E-state index in [0.717, 1.165) is 41.8 Å². The summed E-state index contributed by atoms with van der Waals surface area (Å²) in [5.41, 5.74) is 2.52. The molecule has 32 heavy (non-hydrogen) atoms. The molecular weight excluding hydrogens is 426 g/mol. The summed E-state index contributed by atoms with van der Waals surface area (Å²) in [6, 6.07) is 12.6. The fourth-order valence-corrected chi connectivity index (χ4v) is 4.50. The molecule has 0 aliphatic heterocycles. The molecule has 0 bridgehead atoms. The molecule has 8 nitrogen and oxygen atoms in total. The van der Waals surface area contributed by atoms with E-state index in [4.69, 9.17) is 4.74 Å². The molecule has 0 fully saturated rings. The molecule has 1 aromatic carbocycles. The third-order valence-corrected chi connectivity index (χ3v) is 6.33. The van der Waals surface area contributed by atoms with Crippen LogP contribution in [0.4, 0.5) is 5.82 Å². The number of aromatic nitrogens is 4. The van der Waals surface area contributed by atoms with Crippen LogP contribution in [0.5, 0.6) is 5.75 Å². The Labute approximate surface area is 187 Å². The van der Waals surface area contributed by atoms with E-state index in [2.05, 4.69) is 20.4 Å². The highest BCUT2D eigenvalue weighted by Gasteiger charge is 2.20. The number of ether oxygens (including phenoxy) is 1. The minimum absolute atomic E-state index is 0.150. The summed E-state index contributed by atoms with van der Waals surface area (Å²) in [4.78, 5) is 34.1. The largest absolute Gasteiger partial charge is 0.497 e. The Bertz CT molecular complexity index is 1340. The Morgan fingerprint density at radius 1 is 1.19 bits per heavy atom. The molecule has 162 valence electrons. The van der Waals surface area contributed by atoms with E-state index in [1.807, 2.05) is 17.5 Å². The lowest BCUT2D eigenvalue weighted by molar-refractivity contribution is 0.102. The van der Waals surface area contributed by atoms with E-state index in [1.54, 1.807) is 48.8 Å². The van der Waals surface area contributed by atoms with Crippen LogP contribution in [0.2, 0.25) is 0 Å². The maximum absolute atomic E-state index is 13.0. The number of benzene rings is 1. The first kappa shape index (κ1) is 20.2. The average molecular weight is 448 g/mol. The van der Waals surface area contributed by atoms with Gasteiger partial charge in [-0.15, -0.1) is 11.3 Å². The van der Waals surface area contributed by atoms with Gasteiger partial charge in [0.1, 0.15) is 17.3 Å². The van der Waals surface area contributed by atoms with Crippen molar-refractivity contribution in [3.63, 3.8) is 0 Å². The lowest BCUT2D eigenvalue weighted by Crippen LogP contribution is -2.24. The second-order valence-corrected chi connectivity index (χ2v) is 8.46. The minimum Gasteiger partial charge on any atom is -0.497 e. The zero-order valence-electron chi connectivity index (χ0n) is 17.4. The number of H-pyrrole nitrogens is 1. The van der Waals surface area contributed by atoms with E-state index in [9.17, 15) is 9.59 Å². The van der Waals surface area contributed by atoms with E-state index in [0.29, 0.717) is 28.8 Å². The van der Waals surface area contributed by atoms with Crippen LogP contribution in [0.25, 0.3) is 16.5 Å². The minimum atomic E-state index is -0.317. The molecular formula is C23H21N5O3S. The Morgan fingerprint density at radius 2 is 2.06 bits per heavy atom. The zero-order valence-corrected chi connectivity index (χ0v) is 18.2. The van der Waals surface area contributed by atoms with Crippen molar-refractivity contribution in [2.24, 2.45) is 0 Å². The van der Waals surface area contributed by atoms with Gasteiger partial charge in [0.2, 0.25) is 5.95 Å². The molecule has 0 unspecified atom stereocenters. The van der Waals surface area contributed by atoms with Gasteiger partial charge in [0.15, 0.2) is 0 Å². The van der Waals surface area contributed by atoms with Crippen molar-refractivity contribution >= 4 is 23.1 Å². The summed E-state index contributed by atoms with van der Waals surface area (Å²) in [5.74, 6) is 0.980. The number of amides is 1. The number of fused-ring (bicyclic) bond motifs is 1. The maximum Gasteiger partial charge on any atom is 0.256 e. The molecule has 0 radical (unpaired) electrons. The van der Waals surface area contributed by atoms with Gasteiger partial charge in [-0.1, -0.05) is 12.1 Å². The lowest BCUT2D eigenvalue weighted by Gasteiger charge is -2.15. The SMILES string of the molecule is COc1cccc(C(=O)Nc2cc(-c3cccs3)nn2-c2nc3c(c(=O)[nH]2)CCCC3)c1. The maximum atomic E-state index is 13.0. The molecule has 1 aliphatic rings. The van der Waals surface area contributed by atoms with Crippen LogP contribution in [0.3, 0.4) is 0 Å². The van der Waals surface area contributed by atoms with E-state index < -0.39 is 0 Å². The predicted molar refractivity (Wildman–Crippen MR) is 123 cm³/mol. The van der Waals surface area contributed by atoms with Gasteiger partial charge in [-0.2, -0.15) is 9.78 Å². The molecule has 3 aromatic heterocycles. The molecule has 0 saturated carbocycles. The van der Waals surface area contributed by atoms with Crippen LogP contribution in [0.15, 0.2) is 52.6 Å². The normalized spacial score (nSPS) is 12.9. The summed E-state index contributed by atoms with van der Waals surface area (Å²) in [5, 5.41) is 9.52. The van der Waals surface area contributed by atoms with Crippen molar-refractivity contribution in [2.45, 2.75) is 25.7 Å². The highest BCUT2D eigenvalue weighted by Crippen LogP contribution is 2.28. The smallest absolute Gasteiger partial charge is 0.256 e.